The fraction of sp³-hybridized carbons (Fsp3) is 0.118. The molecule has 0 saturated carbocycles. The molecule has 2 aromatic heterocycles. The zero-order valence-corrected chi connectivity index (χ0v) is 13.4. The molecule has 1 aromatic carbocycles. The van der Waals surface area contributed by atoms with Crippen LogP contribution >= 0.6 is 11.5 Å². The molecule has 0 fully saturated rings. The number of fused-ring (bicyclic) bond motifs is 1. The summed E-state index contributed by atoms with van der Waals surface area (Å²) in [5.74, 6) is -0.330. The van der Waals surface area contributed by atoms with Gasteiger partial charge in [0.1, 0.15) is 12.5 Å². The van der Waals surface area contributed by atoms with Crippen molar-refractivity contribution in [3.8, 4) is 11.3 Å². The Hall–Kier alpha value is -2.80. The summed E-state index contributed by atoms with van der Waals surface area (Å²) in [6.45, 7) is 1.02. The van der Waals surface area contributed by atoms with Crippen LogP contribution in [0.5, 0.6) is 0 Å². The Kier molecular flexibility index (Phi) is 3.70. The van der Waals surface area contributed by atoms with Crippen LogP contribution in [0.4, 0.5) is 4.39 Å². The highest BCUT2D eigenvalue weighted by atomic mass is 32.1. The SMILES string of the molecule is O=c1ccc(-c2cccc(F)c2)nn1CN1C=c2cnsc2=CC1. The minimum atomic E-state index is -0.330. The van der Waals surface area contributed by atoms with E-state index in [0.29, 0.717) is 24.5 Å². The molecule has 24 heavy (non-hydrogen) atoms. The Bertz CT molecular complexity index is 1070. The van der Waals surface area contributed by atoms with E-state index in [-0.39, 0.29) is 11.4 Å². The lowest BCUT2D eigenvalue weighted by Crippen LogP contribution is -2.36. The van der Waals surface area contributed by atoms with Gasteiger partial charge in [0.25, 0.3) is 5.56 Å². The van der Waals surface area contributed by atoms with Gasteiger partial charge in [-0.3, -0.25) is 4.79 Å². The van der Waals surface area contributed by atoms with Crippen LogP contribution in [0.25, 0.3) is 23.5 Å². The van der Waals surface area contributed by atoms with Crippen molar-refractivity contribution in [3.63, 3.8) is 0 Å². The van der Waals surface area contributed by atoms with E-state index in [2.05, 4.69) is 15.5 Å². The molecule has 0 unspecified atom stereocenters. The van der Waals surface area contributed by atoms with Gasteiger partial charge in [0.15, 0.2) is 0 Å². The average Bonchev–Trinajstić information content (AvgIpc) is 3.04. The molecular weight excluding hydrogens is 327 g/mol. The van der Waals surface area contributed by atoms with E-state index < -0.39 is 0 Å². The summed E-state index contributed by atoms with van der Waals surface area (Å²) in [6.07, 6.45) is 5.86. The van der Waals surface area contributed by atoms with Gasteiger partial charge in [-0.1, -0.05) is 12.1 Å². The van der Waals surface area contributed by atoms with Crippen LogP contribution < -0.4 is 15.3 Å². The fourth-order valence-electron chi connectivity index (χ4n) is 2.58. The van der Waals surface area contributed by atoms with Crippen LogP contribution in [0.1, 0.15) is 0 Å². The molecule has 0 radical (unpaired) electrons. The van der Waals surface area contributed by atoms with Gasteiger partial charge in [0, 0.05) is 35.8 Å². The van der Waals surface area contributed by atoms with Crippen LogP contribution in [0.3, 0.4) is 0 Å². The predicted molar refractivity (Wildman–Crippen MR) is 90.9 cm³/mol. The Morgan fingerprint density at radius 2 is 2.17 bits per heavy atom. The molecule has 120 valence electrons. The minimum Gasteiger partial charge on any atom is -0.354 e. The zero-order chi connectivity index (χ0) is 16.5. The smallest absolute Gasteiger partial charge is 0.268 e. The number of nitrogens with zero attached hydrogens (tertiary/aromatic N) is 4. The molecule has 5 nitrogen and oxygen atoms in total. The van der Waals surface area contributed by atoms with Crippen molar-refractivity contribution in [2.75, 3.05) is 6.54 Å². The van der Waals surface area contributed by atoms with Gasteiger partial charge in [-0.15, -0.1) is 0 Å². The van der Waals surface area contributed by atoms with Crippen molar-refractivity contribution in [1.29, 1.82) is 0 Å². The molecular formula is C17H13FN4OS. The first-order valence-corrected chi connectivity index (χ1v) is 8.17. The van der Waals surface area contributed by atoms with E-state index in [1.54, 1.807) is 18.2 Å². The van der Waals surface area contributed by atoms with Crippen LogP contribution in [0, 0.1) is 5.82 Å². The Morgan fingerprint density at radius 3 is 3.04 bits per heavy atom. The standard InChI is InChI=1S/C17H13FN4OS/c18-14-3-1-2-12(8-14)15-4-5-17(23)22(20-15)11-21-7-6-16-13(10-21)9-19-24-16/h1-6,8-10H,7,11H2. The zero-order valence-electron chi connectivity index (χ0n) is 12.6. The van der Waals surface area contributed by atoms with Gasteiger partial charge in [-0.25, -0.2) is 9.07 Å². The lowest BCUT2D eigenvalue weighted by atomic mass is 10.1. The van der Waals surface area contributed by atoms with Gasteiger partial charge in [0.2, 0.25) is 0 Å². The highest BCUT2D eigenvalue weighted by Gasteiger charge is 2.09. The molecule has 0 saturated heterocycles. The van der Waals surface area contributed by atoms with Crippen molar-refractivity contribution in [3.05, 3.63) is 68.5 Å². The maximum atomic E-state index is 13.4. The maximum Gasteiger partial charge on any atom is 0.268 e. The van der Waals surface area contributed by atoms with Crippen molar-refractivity contribution in [2.45, 2.75) is 6.67 Å². The molecule has 3 aromatic rings. The van der Waals surface area contributed by atoms with E-state index in [4.69, 9.17) is 0 Å². The molecule has 0 N–H and O–H groups in total. The van der Waals surface area contributed by atoms with E-state index in [1.807, 2.05) is 17.3 Å². The first-order chi connectivity index (χ1) is 11.7. The number of halogens is 1. The number of rotatable bonds is 3. The third-order valence-corrected chi connectivity index (χ3v) is 4.57. The van der Waals surface area contributed by atoms with Crippen molar-refractivity contribution in [1.82, 2.24) is 19.1 Å². The topological polar surface area (TPSA) is 51.0 Å². The number of hydrogen-bond donors (Lipinski definition) is 0. The lowest BCUT2D eigenvalue weighted by molar-refractivity contribution is 0.336. The van der Waals surface area contributed by atoms with E-state index in [1.165, 1.54) is 34.4 Å². The number of benzene rings is 1. The monoisotopic (exact) mass is 340 g/mol. The van der Waals surface area contributed by atoms with Crippen molar-refractivity contribution in [2.24, 2.45) is 0 Å². The van der Waals surface area contributed by atoms with Gasteiger partial charge < -0.3 is 4.90 Å². The van der Waals surface area contributed by atoms with Crippen LogP contribution in [-0.4, -0.2) is 25.6 Å². The molecule has 1 aliphatic heterocycles. The summed E-state index contributed by atoms with van der Waals surface area (Å²) >= 11 is 1.45. The van der Waals surface area contributed by atoms with E-state index in [0.717, 1.165) is 9.75 Å². The quantitative estimate of drug-likeness (QED) is 0.714. The van der Waals surface area contributed by atoms with Gasteiger partial charge in [-0.2, -0.15) is 9.47 Å². The Morgan fingerprint density at radius 1 is 1.25 bits per heavy atom. The number of hydrogen-bond acceptors (Lipinski definition) is 5. The van der Waals surface area contributed by atoms with E-state index in [9.17, 15) is 9.18 Å². The second-order valence-corrected chi connectivity index (χ2v) is 6.29. The molecule has 0 aliphatic carbocycles. The highest BCUT2D eigenvalue weighted by Crippen LogP contribution is 2.16. The first-order valence-electron chi connectivity index (χ1n) is 7.40. The molecule has 1 aliphatic rings. The van der Waals surface area contributed by atoms with Crippen LogP contribution in [0.15, 0.2) is 47.4 Å². The summed E-state index contributed by atoms with van der Waals surface area (Å²) in [5, 5.41) is 5.41. The fourth-order valence-corrected chi connectivity index (χ4v) is 3.22. The second kappa shape index (κ2) is 6.01. The van der Waals surface area contributed by atoms with Crippen molar-refractivity contribution < 1.29 is 4.39 Å². The predicted octanol–water partition coefficient (Wildman–Crippen LogP) is 0.998. The highest BCUT2D eigenvalue weighted by molar-refractivity contribution is 7.03. The lowest BCUT2D eigenvalue weighted by Gasteiger charge is -2.20. The molecule has 4 rings (SSSR count). The van der Waals surface area contributed by atoms with Gasteiger partial charge in [-0.05, 0) is 35.8 Å². The molecule has 7 heteroatoms. The molecule has 3 heterocycles. The largest absolute Gasteiger partial charge is 0.354 e. The van der Waals surface area contributed by atoms with Crippen LogP contribution in [0.2, 0.25) is 0 Å². The minimum absolute atomic E-state index is 0.196. The summed E-state index contributed by atoms with van der Waals surface area (Å²) in [6, 6.07) is 9.25. The third-order valence-electron chi connectivity index (χ3n) is 3.76. The second-order valence-electron chi connectivity index (χ2n) is 5.46. The summed E-state index contributed by atoms with van der Waals surface area (Å²) in [5.41, 5.74) is 1.01. The van der Waals surface area contributed by atoms with Gasteiger partial charge in [0.05, 0.1) is 10.2 Å². The van der Waals surface area contributed by atoms with Gasteiger partial charge >= 0.3 is 0 Å². The Balaban J connectivity index is 1.66. The van der Waals surface area contributed by atoms with Crippen molar-refractivity contribution >= 4 is 23.8 Å². The summed E-state index contributed by atoms with van der Waals surface area (Å²) in [7, 11) is 0. The van der Waals surface area contributed by atoms with E-state index >= 15 is 0 Å². The maximum absolute atomic E-state index is 13.4. The molecule has 0 atom stereocenters. The first kappa shape index (κ1) is 14.8. The average molecular weight is 340 g/mol. The molecule has 0 amide bonds. The van der Waals surface area contributed by atoms with Crippen LogP contribution in [-0.2, 0) is 6.67 Å². The molecule has 0 bridgehead atoms. The number of aromatic nitrogens is 3. The Labute approximate surface area is 140 Å². The molecule has 0 spiro atoms. The normalized spacial score (nSPS) is 13.1. The summed E-state index contributed by atoms with van der Waals surface area (Å²) < 4.78 is 20.1. The third kappa shape index (κ3) is 2.85. The summed E-state index contributed by atoms with van der Waals surface area (Å²) in [4.78, 5) is 14.1.